The Balaban J connectivity index is 1.96. The molecule has 6 heteroatoms. The second-order valence-corrected chi connectivity index (χ2v) is 7.17. The van der Waals surface area contributed by atoms with E-state index < -0.39 is 10.0 Å². The number of rotatable bonds is 6. The Hall–Kier alpha value is -2.36. The molecule has 0 saturated heterocycles. The maximum absolute atomic E-state index is 12.4. The average Bonchev–Trinajstić information content (AvgIpc) is 2.56. The SMILES string of the molecule is Cc1ccc(OCCN(C)S(=O)(=O)c2ccc(C#N)cc2)cc1. The van der Waals surface area contributed by atoms with Crippen LogP contribution < -0.4 is 4.74 Å². The molecule has 2 aromatic rings. The summed E-state index contributed by atoms with van der Waals surface area (Å²) in [4.78, 5) is 0.161. The van der Waals surface area contributed by atoms with Crippen LogP contribution in [0.3, 0.4) is 0 Å². The lowest BCUT2D eigenvalue weighted by Gasteiger charge is -2.17. The number of hydrogen-bond acceptors (Lipinski definition) is 4. The lowest BCUT2D eigenvalue weighted by molar-refractivity contribution is 0.287. The largest absolute Gasteiger partial charge is 0.492 e. The molecule has 0 spiro atoms. The molecule has 0 radical (unpaired) electrons. The molecule has 0 atom stereocenters. The number of hydrogen-bond donors (Lipinski definition) is 0. The summed E-state index contributed by atoms with van der Waals surface area (Å²) in [6, 6.07) is 15.4. The van der Waals surface area contributed by atoms with E-state index in [1.165, 1.54) is 35.6 Å². The van der Waals surface area contributed by atoms with Gasteiger partial charge in [0.05, 0.1) is 16.5 Å². The smallest absolute Gasteiger partial charge is 0.242 e. The number of sulfonamides is 1. The van der Waals surface area contributed by atoms with E-state index in [2.05, 4.69) is 0 Å². The summed E-state index contributed by atoms with van der Waals surface area (Å²) in [5.74, 6) is 0.708. The molecule has 0 N–H and O–H groups in total. The molecule has 0 saturated carbocycles. The lowest BCUT2D eigenvalue weighted by atomic mass is 10.2. The van der Waals surface area contributed by atoms with Crippen molar-refractivity contribution in [2.24, 2.45) is 0 Å². The number of benzene rings is 2. The van der Waals surface area contributed by atoms with Crippen LogP contribution in [-0.2, 0) is 10.0 Å². The molecule has 23 heavy (non-hydrogen) atoms. The topological polar surface area (TPSA) is 70.4 Å². The van der Waals surface area contributed by atoms with Crippen LogP contribution in [0.4, 0.5) is 0 Å². The standard InChI is InChI=1S/C17H18N2O3S/c1-14-3-7-16(8-4-14)22-12-11-19(2)23(20,21)17-9-5-15(13-18)6-10-17/h3-10H,11-12H2,1-2H3. The quantitative estimate of drug-likeness (QED) is 0.816. The van der Waals surface area contributed by atoms with Gasteiger partial charge >= 0.3 is 0 Å². The minimum atomic E-state index is -3.58. The van der Waals surface area contributed by atoms with Gasteiger partial charge in [-0.3, -0.25) is 0 Å². The summed E-state index contributed by atoms with van der Waals surface area (Å²) in [6.07, 6.45) is 0. The highest BCUT2D eigenvalue weighted by Gasteiger charge is 2.20. The summed E-state index contributed by atoms with van der Waals surface area (Å²) < 4.78 is 31.6. The molecule has 0 unspecified atom stereocenters. The average molecular weight is 330 g/mol. The Morgan fingerprint density at radius 2 is 1.70 bits per heavy atom. The molecule has 0 aliphatic rings. The fourth-order valence-corrected chi connectivity index (χ4v) is 3.08. The summed E-state index contributed by atoms with van der Waals surface area (Å²) in [7, 11) is -2.08. The predicted molar refractivity (Wildman–Crippen MR) is 87.6 cm³/mol. The third-order valence-electron chi connectivity index (χ3n) is 3.39. The Morgan fingerprint density at radius 3 is 2.26 bits per heavy atom. The summed E-state index contributed by atoms with van der Waals surface area (Å²) in [6.45, 7) is 2.48. The second kappa shape index (κ2) is 7.27. The molecule has 0 aromatic heterocycles. The molecule has 0 heterocycles. The molecule has 2 rings (SSSR count). The van der Waals surface area contributed by atoms with E-state index in [1.807, 2.05) is 37.3 Å². The van der Waals surface area contributed by atoms with Gasteiger partial charge in [-0.1, -0.05) is 17.7 Å². The van der Waals surface area contributed by atoms with Gasteiger partial charge < -0.3 is 4.74 Å². The van der Waals surface area contributed by atoms with Crippen molar-refractivity contribution in [2.45, 2.75) is 11.8 Å². The number of aryl methyl sites for hydroxylation is 1. The molecule has 5 nitrogen and oxygen atoms in total. The van der Waals surface area contributed by atoms with Crippen molar-refractivity contribution in [3.63, 3.8) is 0 Å². The number of likely N-dealkylation sites (N-methyl/N-ethyl adjacent to an activating group) is 1. The van der Waals surface area contributed by atoms with Crippen LogP contribution >= 0.6 is 0 Å². The van der Waals surface area contributed by atoms with Crippen molar-refractivity contribution in [2.75, 3.05) is 20.2 Å². The highest BCUT2D eigenvalue weighted by Crippen LogP contribution is 2.15. The van der Waals surface area contributed by atoms with E-state index in [4.69, 9.17) is 10.00 Å². The first-order valence-electron chi connectivity index (χ1n) is 7.09. The van der Waals surface area contributed by atoms with Crippen LogP contribution in [-0.4, -0.2) is 32.9 Å². The Kier molecular flexibility index (Phi) is 5.37. The fourth-order valence-electron chi connectivity index (χ4n) is 1.93. The van der Waals surface area contributed by atoms with Crippen molar-refractivity contribution in [3.05, 3.63) is 59.7 Å². The van der Waals surface area contributed by atoms with Crippen LogP contribution in [0.5, 0.6) is 5.75 Å². The van der Waals surface area contributed by atoms with Crippen LogP contribution in [0.2, 0.25) is 0 Å². The van der Waals surface area contributed by atoms with Gasteiger partial charge in [0.1, 0.15) is 12.4 Å². The zero-order valence-electron chi connectivity index (χ0n) is 13.1. The van der Waals surface area contributed by atoms with E-state index >= 15 is 0 Å². The Labute approximate surface area is 136 Å². The number of nitrogens with zero attached hydrogens (tertiary/aromatic N) is 2. The summed E-state index contributed by atoms with van der Waals surface area (Å²) in [5.41, 5.74) is 1.56. The first kappa shape index (κ1) is 17.0. The normalized spacial score (nSPS) is 11.2. The highest BCUT2D eigenvalue weighted by molar-refractivity contribution is 7.89. The zero-order chi connectivity index (χ0) is 16.9. The lowest BCUT2D eigenvalue weighted by Crippen LogP contribution is -2.31. The molecular formula is C17H18N2O3S. The number of ether oxygens (including phenoxy) is 1. The number of nitriles is 1. The minimum absolute atomic E-state index is 0.161. The van der Waals surface area contributed by atoms with Crippen LogP contribution in [0.1, 0.15) is 11.1 Å². The van der Waals surface area contributed by atoms with Crippen molar-refractivity contribution in [3.8, 4) is 11.8 Å². The summed E-state index contributed by atoms with van der Waals surface area (Å²) >= 11 is 0. The highest BCUT2D eigenvalue weighted by atomic mass is 32.2. The van der Waals surface area contributed by atoms with Gasteiger partial charge in [-0.15, -0.1) is 0 Å². The van der Waals surface area contributed by atoms with Crippen molar-refractivity contribution >= 4 is 10.0 Å². The van der Waals surface area contributed by atoms with E-state index in [9.17, 15) is 8.42 Å². The van der Waals surface area contributed by atoms with Gasteiger partial charge in [0, 0.05) is 13.6 Å². The maximum Gasteiger partial charge on any atom is 0.242 e. The molecule has 0 bridgehead atoms. The second-order valence-electron chi connectivity index (χ2n) is 5.12. The first-order valence-corrected chi connectivity index (χ1v) is 8.53. The van der Waals surface area contributed by atoms with Crippen molar-refractivity contribution in [1.82, 2.24) is 4.31 Å². The van der Waals surface area contributed by atoms with Gasteiger partial charge in [0.25, 0.3) is 0 Å². The minimum Gasteiger partial charge on any atom is -0.492 e. The van der Waals surface area contributed by atoms with Crippen molar-refractivity contribution in [1.29, 1.82) is 5.26 Å². The molecule has 0 amide bonds. The predicted octanol–water partition coefficient (Wildman–Crippen LogP) is 2.57. The molecule has 0 aliphatic heterocycles. The zero-order valence-corrected chi connectivity index (χ0v) is 13.9. The van der Waals surface area contributed by atoms with E-state index in [-0.39, 0.29) is 18.0 Å². The van der Waals surface area contributed by atoms with E-state index in [0.29, 0.717) is 11.3 Å². The van der Waals surface area contributed by atoms with Crippen LogP contribution in [0.25, 0.3) is 0 Å². The van der Waals surface area contributed by atoms with E-state index in [1.54, 1.807) is 0 Å². The van der Waals surface area contributed by atoms with Crippen LogP contribution in [0, 0.1) is 18.3 Å². The molecule has 0 aliphatic carbocycles. The third kappa shape index (κ3) is 4.31. The van der Waals surface area contributed by atoms with Gasteiger partial charge in [-0.2, -0.15) is 9.57 Å². The van der Waals surface area contributed by atoms with Crippen molar-refractivity contribution < 1.29 is 13.2 Å². The summed E-state index contributed by atoms with van der Waals surface area (Å²) in [5, 5.41) is 8.76. The van der Waals surface area contributed by atoms with Gasteiger partial charge in [0.15, 0.2) is 0 Å². The Bertz CT molecular complexity index is 791. The van der Waals surface area contributed by atoms with Gasteiger partial charge in [-0.05, 0) is 43.3 Å². The van der Waals surface area contributed by atoms with Gasteiger partial charge in [0.2, 0.25) is 10.0 Å². The first-order chi connectivity index (χ1) is 10.9. The Morgan fingerprint density at radius 1 is 1.09 bits per heavy atom. The fraction of sp³-hybridized carbons (Fsp3) is 0.235. The third-order valence-corrected chi connectivity index (χ3v) is 5.26. The molecule has 2 aromatic carbocycles. The molecule has 120 valence electrons. The molecule has 0 fully saturated rings. The van der Waals surface area contributed by atoms with Gasteiger partial charge in [-0.25, -0.2) is 8.42 Å². The van der Waals surface area contributed by atoms with Crippen LogP contribution in [0.15, 0.2) is 53.4 Å². The maximum atomic E-state index is 12.4. The van der Waals surface area contributed by atoms with E-state index in [0.717, 1.165) is 5.56 Å². The molecular weight excluding hydrogens is 312 g/mol. The monoisotopic (exact) mass is 330 g/mol.